The summed E-state index contributed by atoms with van der Waals surface area (Å²) in [5.41, 5.74) is 0.976. The van der Waals surface area contributed by atoms with Gasteiger partial charge in [0.15, 0.2) is 0 Å². The number of benzene rings is 1. The molecule has 1 aromatic carbocycles. The molecular weight excluding hydrogens is 440 g/mol. The molecule has 0 spiro atoms. The van der Waals surface area contributed by atoms with Crippen molar-refractivity contribution in [1.29, 1.82) is 0 Å². The van der Waals surface area contributed by atoms with Gasteiger partial charge in [-0.15, -0.1) is 0 Å². The molecule has 1 saturated heterocycles. The molecule has 2 rings (SSSR count). The zero-order valence-corrected chi connectivity index (χ0v) is 15.3. The van der Waals surface area contributed by atoms with Crippen LogP contribution in [-0.2, 0) is 0 Å². The van der Waals surface area contributed by atoms with E-state index in [0.29, 0.717) is 6.54 Å². The Balaban J connectivity index is 1.87. The number of aliphatic hydroxyl groups is 1. The SMILES string of the molecule is OC(CNc1c(Br)cc(Br)cc1Br)CN1CCCC1. The maximum Gasteiger partial charge on any atom is 0.0839 e. The van der Waals surface area contributed by atoms with E-state index in [4.69, 9.17) is 0 Å². The lowest BCUT2D eigenvalue weighted by Crippen LogP contribution is -2.34. The molecule has 1 atom stereocenters. The molecule has 0 aliphatic carbocycles. The number of nitrogens with one attached hydrogen (secondary N) is 1. The van der Waals surface area contributed by atoms with Gasteiger partial charge in [0.1, 0.15) is 0 Å². The zero-order valence-electron chi connectivity index (χ0n) is 10.5. The summed E-state index contributed by atoms with van der Waals surface area (Å²) in [5, 5.41) is 13.4. The highest BCUT2D eigenvalue weighted by atomic mass is 79.9. The van der Waals surface area contributed by atoms with E-state index in [1.165, 1.54) is 12.8 Å². The van der Waals surface area contributed by atoms with Crippen molar-refractivity contribution in [3.05, 3.63) is 25.6 Å². The summed E-state index contributed by atoms with van der Waals surface area (Å²) in [6.07, 6.45) is 2.16. The third-order valence-electron chi connectivity index (χ3n) is 3.19. The minimum Gasteiger partial charge on any atom is -0.390 e. The molecule has 1 fully saturated rings. The highest BCUT2D eigenvalue weighted by Gasteiger charge is 2.16. The highest BCUT2D eigenvalue weighted by molar-refractivity contribution is 9.11. The molecule has 1 aromatic rings. The van der Waals surface area contributed by atoms with Crippen molar-refractivity contribution < 1.29 is 5.11 Å². The molecule has 19 heavy (non-hydrogen) atoms. The quantitative estimate of drug-likeness (QED) is 0.706. The normalized spacial score (nSPS) is 17.7. The number of nitrogens with zero attached hydrogens (tertiary/aromatic N) is 1. The van der Waals surface area contributed by atoms with Crippen LogP contribution in [0.5, 0.6) is 0 Å². The van der Waals surface area contributed by atoms with Crippen molar-refractivity contribution >= 4 is 53.5 Å². The Morgan fingerprint density at radius 3 is 2.32 bits per heavy atom. The Kier molecular flexibility index (Phi) is 6.14. The van der Waals surface area contributed by atoms with Gasteiger partial charge in [0.25, 0.3) is 0 Å². The van der Waals surface area contributed by atoms with Crippen LogP contribution in [-0.4, -0.2) is 42.3 Å². The van der Waals surface area contributed by atoms with Crippen molar-refractivity contribution in [2.24, 2.45) is 0 Å². The summed E-state index contributed by atoms with van der Waals surface area (Å²) < 4.78 is 2.96. The van der Waals surface area contributed by atoms with E-state index in [1.54, 1.807) is 0 Å². The molecule has 1 aliphatic heterocycles. The minimum atomic E-state index is -0.347. The van der Waals surface area contributed by atoms with Gasteiger partial charge < -0.3 is 15.3 Å². The van der Waals surface area contributed by atoms with Gasteiger partial charge in [-0.1, -0.05) is 15.9 Å². The molecule has 0 aromatic heterocycles. The van der Waals surface area contributed by atoms with Crippen molar-refractivity contribution in [2.75, 3.05) is 31.5 Å². The standard InChI is InChI=1S/C13H17Br3N2O/c14-9-5-11(15)13(12(16)6-9)17-7-10(19)8-18-3-1-2-4-18/h5-6,10,17,19H,1-4,7-8H2. The van der Waals surface area contributed by atoms with Crippen molar-refractivity contribution in [2.45, 2.75) is 18.9 Å². The van der Waals surface area contributed by atoms with E-state index in [1.807, 2.05) is 12.1 Å². The van der Waals surface area contributed by atoms with Crippen LogP contribution in [0.3, 0.4) is 0 Å². The number of likely N-dealkylation sites (tertiary alicyclic amines) is 1. The summed E-state index contributed by atoms with van der Waals surface area (Å²) in [7, 11) is 0. The van der Waals surface area contributed by atoms with Crippen LogP contribution >= 0.6 is 47.8 Å². The van der Waals surface area contributed by atoms with Crippen LogP contribution in [0.15, 0.2) is 25.6 Å². The van der Waals surface area contributed by atoms with Gasteiger partial charge in [-0.3, -0.25) is 0 Å². The summed E-state index contributed by atoms with van der Waals surface area (Å²) in [4.78, 5) is 2.32. The molecule has 1 aliphatic rings. The van der Waals surface area contributed by atoms with Gasteiger partial charge in [-0.2, -0.15) is 0 Å². The number of aliphatic hydroxyl groups excluding tert-OH is 1. The van der Waals surface area contributed by atoms with Gasteiger partial charge in [0.2, 0.25) is 0 Å². The monoisotopic (exact) mass is 454 g/mol. The third kappa shape index (κ3) is 4.70. The number of halogens is 3. The Hall–Kier alpha value is 0.380. The van der Waals surface area contributed by atoms with E-state index in [-0.39, 0.29) is 6.10 Å². The third-order valence-corrected chi connectivity index (χ3v) is 4.90. The molecule has 1 unspecified atom stereocenters. The van der Waals surface area contributed by atoms with E-state index in [2.05, 4.69) is 58.0 Å². The minimum absolute atomic E-state index is 0.347. The number of hydrogen-bond acceptors (Lipinski definition) is 3. The highest BCUT2D eigenvalue weighted by Crippen LogP contribution is 2.34. The van der Waals surface area contributed by atoms with Crippen molar-refractivity contribution in [1.82, 2.24) is 4.90 Å². The molecule has 0 amide bonds. The van der Waals surface area contributed by atoms with Crippen LogP contribution < -0.4 is 5.32 Å². The van der Waals surface area contributed by atoms with Crippen LogP contribution in [0.25, 0.3) is 0 Å². The maximum absolute atomic E-state index is 10.1. The second-order valence-corrected chi connectivity index (χ2v) is 7.41. The molecular formula is C13H17Br3N2O. The maximum atomic E-state index is 10.1. The lowest BCUT2D eigenvalue weighted by molar-refractivity contribution is 0.135. The molecule has 6 heteroatoms. The summed E-state index contributed by atoms with van der Waals surface area (Å²) in [6.45, 7) is 3.53. The number of hydrogen-bond donors (Lipinski definition) is 2. The van der Waals surface area contributed by atoms with E-state index < -0.39 is 0 Å². The summed E-state index contributed by atoms with van der Waals surface area (Å²) in [5.74, 6) is 0. The first-order valence-electron chi connectivity index (χ1n) is 6.35. The summed E-state index contributed by atoms with van der Waals surface area (Å²) >= 11 is 10.5. The zero-order chi connectivity index (χ0) is 13.8. The van der Waals surface area contributed by atoms with Gasteiger partial charge in [-0.25, -0.2) is 0 Å². The van der Waals surface area contributed by atoms with Crippen LogP contribution in [0, 0.1) is 0 Å². The number of anilines is 1. The molecule has 0 saturated carbocycles. The molecule has 3 nitrogen and oxygen atoms in total. The first kappa shape index (κ1) is 15.8. The fraction of sp³-hybridized carbons (Fsp3) is 0.538. The predicted octanol–water partition coefficient (Wildman–Crippen LogP) is 3.84. The molecule has 0 bridgehead atoms. The Labute approximate surface area is 139 Å². The topological polar surface area (TPSA) is 35.5 Å². The Morgan fingerprint density at radius 2 is 1.74 bits per heavy atom. The molecule has 1 heterocycles. The van der Waals surface area contributed by atoms with E-state index >= 15 is 0 Å². The summed E-state index contributed by atoms with van der Waals surface area (Å²) in [6, 6.07) is 3.97. The Morgan fingerprint density at radius 1 is 1.16 bits per heavy atom. The van der Waals surface area contributed by atoms with Crippen LogP contribution in [0.4, 0.5) is 5.69 Å². The fourth-order valence-electron chi connectivity index (χ4n) is 2.26. The van der Waals surface area contributed by atoms with E-state index in [0.717, 1.165) is 38.7 Å². The molecule has 106 valence electrons. The van der Waals surface area contributed by atoms with Gasteiger partial charge >= 0.3 is 0 Å². The lowest BCUT2D eigenvalue weighted by Gasteiger charge is -2.20. The van der Waals surface area contributed by atoms with Crippen LogP contribution in [0.2, 0.25) is 0 Å². The largest absolute Gasteiger partial charge is 0.390 e. The van der Waals surface area contributed by atoms with Crippen molar-refractivity contribution in [3.8, 4) is 0 Å². The van der Waals surface area contributed by atoms with E-state index in [9.17, 15) is 5.11 Å². The van der Waals surface area contributed by atoms with Gasteiger partial charge in [0.05, 0.1) is 11.8 Å². The second-order valence-electron chi connectivity index (χ2n) is 4.79. The average Bonchev–Trinajstić information content (AvgIpc) is 2.80. The lowest BCUT2D eigenvalue weighted by atomic mass is 10.3. The van der Waals surface area contributed by atoms with Crippen molar-refractivity contribution in [3.63, 3.8) is 0 Å². The number of rotatable bonds is 5. The first-order valence-corrected chi connectivity index (χ1v) is 8.73. The molecule has 2 N–H and O–H groups in total. The van der Waals surface area contributed by atoms with Gasteiger partial charge in [-0.05, 0) is 69.9 Å². The first-order chi connectivity index (χ1) is 9.06. The number of β-amino-alcohol motifs (C(OH)–C–C–N with tert-alkyl or cyclic N) is 1. The molecule has 0 radical (unpaired) electrons. The average molecular weight is 457 g/mol. The smallest absolute Gasteiger partial charge is 0.0839 e. The van der Waals surface area contributed by atoms with Crippen LogP contribution in [0.1, 0.15) is 12.8 Å². The predicted molar refractivity (Wildman–Crippen MR) is 89.7 cm³/mol. The fourth-order valence-corrected chi connectivity index (χ4v) is 4.80. The van der Waals surface area contributed by atoms with Gasteiger partial charge in [0, 0.05) is 26.5 Å². The second kappa shape index (κ2) is 7.41. The Bertz CT molecular complexity index is 413.